The van der Waals surface area contributed by atoms with Crippen molar-refractivity contribution in [1.82, 2.24) is 0 Å². The van der Waals surface area contributed by atoms with Crippen LogP contribution in [0.25, 0.3) is 0 Å². The molecule has 0 heterocycles. The van der Waals surface area contributed by atoms with Gasteiger partial charge in [0.05, 0.1) is 5.56 Å². The van der Waals surface area contributed by atoms with E-state index in [0.717, 1.165) is 10.2 Å². The highest BCUT2D eigenvalue weighted by molar-refractivity contribution is 9.10. The van der Waals surface area contributed by atoms with E-state index in [1.165, 1.54) is 0 Å². The van der Waals surface area contributed by atoms with Gasteiger partial charge >= 0.3 is 0 Å². The van der Waals surface area contributed by atoms with Gasteiger partial charge in [-0.3, -0.25) is 4.79 Å². The first-order chi connectivity index (χ1) is 9.13. The van der Waals surface area contributed by atoms with Crippen LogP contribution in [0.2, 0.25) is 5.02 Å². The van der Waals surface area contributed by atoms with Crippen LogP contribution in [0.15, 0.2) is 53.0 Å². The Balaban J connectivity index is 2.39. The summed E-state index contributed by atoms with van der Waals surface area (Å²) < 4.78 is 0.747. The molecule has 19 heavy (non-hydrogen) atoms. The average molecular weight is 339 g/mol. The van der Waals surface area contributed by atoms with Crippen LogP contribution in [-0.4, -0.2) is 12.5 Å². The van der Waals surface area contributed by atoms with Crippen LogP contribution in [-0.2, 0) is 0 Å². The highest BCUT2D eigenvalue weighted by Gasteiger charge is 2.18. The fourth-order valence-corrected chi connectivity index (χ4v) is 2.45. The van der Waals surface area contributed by atoms with Crippen molar-refractivity contribution in [3.63, 3.8) is 0 Å². The molecule has 0 aliphatic rings. The molecule has 2 aromatic carbocycles. The molecule has 2 rings (SSSR count). The summed E-state index contributed by atoms with van der Waals surface area (Å²) >= 11 is 9.36. The van der Waals surface area contributed by atoms with Gasteiger partial charge < -0.3 is 4.90 Å². The van der Waals surface area contributed by atoms with Crippen LogP contribution in [0.5, 0.6) is 0 Å². The maximum absolute atomic E-state index is 12.6. The Labute approximate surface area is 126 Å². The van der Waals surface area contributed by atoms with E-state index in [4.69, 9.17) is 11.6 Å². The number of anilines is 1. The minimum absolute atomic E-state index is 0.0666. The molecule has 0 bridgehead atoms. The quantitative estimate of drug-likeness (QED) is 0.789. The Kier molecular flexibility index (Phi) is 4.61. The summed E-state index contributed by atoms with van der Waals surface area (Å²) in [6.45, 7) is 2.55. The van der Waals surface area contributed by atoms with Gasteiger partial charge in [0.2, 0.25) is 0 Å². The lowest BCUT2D eigenvalue weighted by Crippen LogP contribution is -2.30. The summed E-state index contributed by atoms with van der Waals surface area (Å²) in [7, 11) is 0. The molecule has 0 spiro atoms. The van der Waals surface area contributed by atoms with Gasteiger partial charge in [-0.1, -0.05) is 29.8 Å². The van der Waals surface area contributed by atoms with Crippen molar-refractivity contribution in [3.8, 4) is 0 Å². The minimum Gasteiger partial charge on any atom is -0.309 e. The van der Waals surface area contributed by atoms with E-state index in [-0.39, 0.29) is 5.91 Å². The molecule has 0 radical (unpaired) electrons. The van der Waals surface area contributed by atoms with Crippen LogP contribution < -0.4 is 4.90 Å². The largest absolute Gasteiger partial charge is 0.309 e. The Hall–Kier alpha value is -1.32. The normalized spacial score (nSPS) is 10.3. The number of hydrogen-bond acceptors (Lipinski definition) is 1. The van der Waals surface area contributed by atoms with Crippen LogP contribution in [0.1, 0.15) is 17.3 Å². The molecule has 0 atom stereocenters. The molecule has 0 saturated carbocycles. The van der Waals surface area contributed by atoms with Gasteiger partial charge in [-0.05, 0) is 53.2 Å². The van der Waals surface area contributed by atoms with E-state index in [9.17, 15) is 4.79 Å². The summed E-state index contributed by atoms with van der Waals surface area (Å²) in [6, 6.07) is 14.8. The first kappa shape index (κ1) is 14.1. The summed E-state index contributed by atoms with van der Waals surface area (Å²) in [4.78, 5) is 14.3. The predicted molar refractivity (Wildman–Crippen MR) is 82.9 cm³/mol. The molecular weight excluding hydrogens is 326 g/mol. The number of nitrogens with zero attached hydrogens (tertiary/aromatic N) is 1. The summed E-state index contributed by atoms with van der Waals surface area (Å²) in [6.07, 6.45) is 0. The molecular formula is C15H13BrClNO. The third kappa shape index (κ3) is 3.17. The van der Waals surface area contributed by atoms with Gasteiger partial charge in [0.25, 0.3) is 5.91 Å². The third-order valence-corrected chi connectivity index (χ3v) is 3.71. The van der Waals surface area contributed by atoms with Crippen molar-refractivity contribution in [1.29, 1.82) is 0 Å². The highest BCUT2D eigenvalue weighted by atomic mass is 79.9. The molecule has 1 amide bonds. The Bertz CT molecular complexity index is 586. The summed E-state index contributed by atoms with van der Waals surface area (Å²) in [5.41, 5.74) is 1.44. The fourth-order valence-electron chi connectivity index (χ4n) is 1.86. The molecule has 0 saturated heterocycles. The van der Waals surface area contributed by atoms with Crippen molar-refractivity contribution >= 4 is 39.1 Å². The minimum atomic E-state index is -0.0666. The second-order valence-electron chi connectivity index (χ2n) is 4.01. The zero-order valence-corrected chi connectivity index (χ0v) is 12.8. The van der Waals surface area contributed by atoms with Crippen molar-refractivity contribution in [2.75, 3.05) is 11.4 Å². The second kappa shape index (κ2) is 6.22. The first-order valence-electron chi connectivity index (χ1n) is 5.95. The second-order valence-corrected chi connectivity index (χ2v) is 5.30. The number of hydrogen-bond donors (Lipinski definition) is 0. The first-order valence-corrected chi connectivity index (χ1v) is 7.12. The number of halogens is 2. The van der Waals surface area contributed by atoms with Gasteiger partial charge in [-0.25, -0.2) is 0 Å². The summed E-state index contributed by atoms with van der Waals surface area (Å²) in [5.74, 6) is -0.0666. The zero-order chi connectivity index (χ0) is 13.8. The molecule has 0 fully saturated rings. The van der Waals surface area contributed by atoms with Gasteiger partial charge in [0, 0.05) is 21.7 Å². The molecule has 2 nitrogen and oxygen atoms in total. The molecule has 2 aromatic rings. The standard InChI is InChI=1S/C15H13BrClNO/c1-2-18(12-6-4-3-5-7-12)15(19)13-10-11(17)8-9-14(13)16/h3-10H,2H2,1H3. The fraction of sp³-hybridized carbons (Fsp3) is 0.133. The Morgan fingerprint density at radius 1 is 1.21 bits per heavy atom. The van der Waals surface area contributed by atoms with Crippen LogP contribution in [0, 0.1) is 0 Å². The van der Waals surface area contributed by atoms with Crippen LogP contribution in [0.3, 0.4) is 0 Å². The van der Waals surface area contributed by atoms with Crippen LogP contribution >= 0.6 is 27.5 Å². The molecule has 0 aliphatic carbocycles. The maximum atomic E-state index is 12.6. The maximum Gasteiger partial charge on any atom is 0.259 e. The Morgan fingerprint density at radius 2 is 1.89 bits per heavy atom. The number of rotatable bonds is 3. The SMILES string of the molecule is CCN(C(=O)c1cc(Cl)ccc1Br)c1ccccc1. The van der Waals surface area contributed by atoms with E-state index in [1.54, 1.807) is 23.1 Å². The number of amides is 1. The molecule has 0 N–H and O–H groups in total. The topological polar surface area (TPSA) is 20.3 Å². The van der Waals surface area contributed by atoms with Gasteiger partial charge in [0.15, 0.2) is 0 Å². The number of carbonyl (C=O) groups excluding carboxylic acids is 1. The monoisotopic (exact) mass is 337 g/mol. The van der Waals surface area contributed by atoms with Crippen LogP contribution in [0.4, 0.5) is 5.69 Å². The van der Waals surface area contributed by atoms with Crippen molar-refractivity contribution in [2.45, 2.75) is 6.92 Å². The highest BCUT2D eigenvalue weighted by Crippen LogP contribution is 2.24. The van der Waals surface area contributed by atoms with E-state index in [1.807, 2.05) is 37.3 Å². The lowest BCUT2D eigenvalue weighted by atomic mass is 10.2. The molecule has 0 aliphatic heterocycles. The van der Waals surface area contributed by atoms with Gasteiger partial charge in [-0.15, -0.1) is 0 Å². The van der Waals surface area contributed by atoms with E-state index >= 15 is 0 Å². The molecule has 0 unspecified atom stereocenters. The van der Waals surface area contributed by atoms with Crippen molar-refractivity contribution < 1.29 is 4.79 Å². The van der Waals surface area contributed by atoms with E-state index in [0.29, 0.717) is 17.1 Å². The number of para-hydroxylation sites is 1. The molecule has 0 aromatic heterocycles. The zero-order valence-electron chi connectivity index (χ0n) is 10.4. The molecule has 98 valence electrons. The summed E-state index contributed by atoms with van der Waals surface area (Å²) in [5, 5.41) is 0.552. The smallest absolute Gasteiger partial charge is 0.259 e. The lowest BCUT2D eigenvalue weighted by Gasteiger charge is -2.21. The van der Waals surface area contributed by atoms with E-state index in [2.05, 4.69) is 15.9 Å². The van der Waals surface area contributed by atoms with E-state index < -0.39 is 0 Å². The number of benzene rings is 2. The van der Waals surface area contributed by atoms with Crippen molar-refractivity contribution in [2.24, 2.45) is 0 Å². The van der Waals surface area contributed by atoms with Crippen molar-refractivity contribution in [3.05, 3.63) is 63.6 Å². The predicted octanol–water partition coefficient (Wildman–Crippen LogP) is 4.77. The Morgan fingerprint density at radius 3 is 2.53 bits per heavy atom. The molecule has 4 heteroatoms. The van der Waals surface area contributed by atoms with Gasteiger partial charge in [0.1, 0.15) is 0 Å². The number of carbonyl (C=O) groups is 1. The third-order valence-electron chi connectivity index (χ3n) is 2.79. The lowest BCUT2D eigenvalue weighted by molar-refractivity contribution is 0.0987. The van der Waals surface area contributed by atoms with Gasteiger partial charge in [-0.2, -0.15) is 0 Å². The average Bonchev–Trinajstić information content (AvgIpc) is 2.43.